The van der Waals surface area contributed by atoms with Crippen LogP contribution in [0, 0.1) is 18.3 Å². The van der Waals surface area contributed by atoms with Crippen LogP contribution in [0.15, 0.2) is 42.5 Å². The number of nitrogens with zero attached hydrogens (tertiary/aromatic N) is 2. The number of para-hydroxylation sites is 1. The first kappa shape index (κ1) is 28.4. The largest absolute Gasteiger partial charge is 0.508 e. The molecule has 2 atom stereocenters. The first-order valence-electron chi connectivity index (χ1n) is 11.0. The van der Waals surface area contributed by atoms with Crippen molar-refractivity contribution in [3.05, 3.63) is 58.6 Å². The normalized spacial score (nSPS) is 12.6. The molecule has 36 heavy (non-hydrogen) atoms. The number of ether oxygens (including phenoxy) is 1. The van der Waals surface area contributed by atoms with Crippen molar-refractivity contribution in [2.45, 2.75) is 45.4 Å². The summed E-state index contributed by atoms with van der Waals surface area (Å²) in [5.41, 5.74) is 0.290. The van der Waals surface area contributed by atoms with Gasteiger partial charge in [-0.15, -0.1) is 0 Å². The van der Waals surface area contributed by atoms with Crippen LogP contribution in [-0.4, -0.2) is 57.8 Å². The van der Waals surface area contributed by atoms with Crippen molar-refractivity contribution in [2.75, 3.05) is 18.5 Å². The number of aryl methyl sites for hydroxylation is 1. The van der Waals surface area contributed by atoms with Crippen LogP contribution in [0.5, 0.6) is 5.75 Å². The number of halogens is 1. The van der Waals surface area contributed by atoms with Crippen LogP contribution in [0.1, 0.15) is 37.9 Å². The van der Waals surface area contributed by atoms with E-state index < -0.39 is 48.7 Å². The minimum atomic E-state index is -1.51. The minimum absolute atomic E-state index is 0.172. The summed E-state index contributed by atoms with van der Waals surface area (Å²) in [4.78, 5) is 40.1. The number of aromatic hydroxyl groups is 1. The van der Waals surface area contributed by atoms with Gasteiger partial charge >= 0.3 is 6.09 Å². The maximum absolute atomic E-state index is 13.5. The van der Waals surface area contributed by atoms with Crippen LogP contribution in [0.3, 0.4) is 0 Å². The van der Waals surface area contributed by atoms with E-state index in [2.05, 4.69) is 10.6 Å². The zero-order chi connectivity index (χ0) is 27.0. The molecule has 3 amide bonds. The molecule has 2 aromatic rings. The van der Waals surface area contributed by atoms with Gasteiger partial charge in [-0.05, 0) is 57.0 Å². The van der Waals surface area contributed by atoms with Gasteiger partial charge in [0.2, 0.25) is 5.91 Å². The van der Waals surface area contributed by atoms with Gasteiger partial charge in [0.1, 0.15) is 30.0 Å². The van der Waals surface area contributed by atoms with Crippen molar-refractivity contribution in [1.29, 1.82) is 5.26 Å². The second-order valence-electron chi connectivity index (χ2n) is 8.92. The van der Waals surface area contributed by atoms with Crippen molar-refractivity contribution >= 4 is 35.2 Å². The highest BCUT2D eigenvalue weighted by atomic mass is 35.5. The third-order valence-electron chi connectivity index (χ3n) is 4.91. The monoisotopic (exact) mass is 516 g/mol. The van der Waals surface area contributed by atoms with Crippen molar-refractivity contribution in [3.8, 4) is 11.8 Å². The summed E-state index contributed by atoms with van der Waals surface area (Å²) in [6.45, 7) is 5.23. The molecule has 2 unspecified atom stereocenters. The Kier molecular flexibility index (Phi) is 9.67. The highest BCUT2D eigenvalue weighted by molar-refractivity contribution is 6.34. The van der Waals surface area contributed by atoms with Crippen molar-refractivity contribution < 1.29 is 29.3 Å². The predicted octanol–water partition coefficient (Wildman–Crippen LogP) is 3.27. The van der Waals surface area contributed by atoms with Gasteiger partial charge in [-0.2, -0.15) is 5.26 Å². The molecule has 2 aromatic carbocycles. The number of anilines is 1. The highest BCUT2D eigenvalue weighted by Crippen LogP contribution is 2.30. The fourth-order valence-electron chi connectivity index (χ4n) is 3.36. The van der Waals surface area contributed by atoms with Gasteiger partial charge in [-0.1, -0.05) is 35.9 Å². The number of amides is 3. The lowest BCUT2D eigenvalue weighted by Crippen LogP contribution is -2.54. The molecule has 0 aliphatic carbocycles. The number of benzene rings is 2. The third kappa shape index (κ3) is 7.60. The highest BCUT2D eigenvalue weighted by Gasteiger charge is 2.36. The Morgan fingerprint density at radius 1 is 1.19 bits per heavy atom. The van der Waals surface area contributed by atoms with Gasteiger partial charge in [0.15, 0.2) is 0 Å². The van der Waals surface area contributed by atoms with E-state index in [1.807, 2.05) is 6.07 Å². The summed E-state index contributed by atoms with van der Waals surface area (Å²) in [6.07, 6.45) is -0.961. The summed E-state index contributed by atoms with van der Waals surface area (Å²) in [6, 6.07) is 9.55. The molecule has 0 radical (unpaired) electrons. The molecule has 0 spiro atoms. The number of hydrogen-bond donors (Lipinski definition) is 4. The first-order valence-corrected chi connectivity index (χ1v) is 11.4. The van der Waals surface area contributed by atoms with Gasteiger partial charge in [0.25, 0.3) is 5.91 Å². The van der Waals surface area contributed by atoms with E-state index >= 15 is 0 Å². The number of aliphatic hydroxyl groups is 1. The van der Waals surface area contributed by atoms with E-state index in [1.165, 1.54) is 24.3 Å². The summed E-state index contributed by atoms with van der Waals surface area (Å²) in [7, 11) is 0. The Bertz CT molecular complexity index is 1140. The summed E-state index contributed by atoms with van der Waals surface area (Å²) in [5.74, 6) is -1.81. The molecule has 0 saturated heterocycles. The molecular formula is C25H29ClN4O6. The molecule has 0 bridgehead atoms. The zero-order valence-corrected chi connectivity index (χ0v) is 21.2. The van der Waals surface area contributed by atoms with E-state index in [0.717, 1.165) is 4.90 Å². The number of nitrogens with one attached hydrogen (secondary N) is 2. The van der Waals surface area contributed by atoms with Crippen LogP contribution in [0.4, 0.5) is 10.5 Å². The molecule has 11 heteroatoms. The molecule has 10 nitrogen and oxygen atoms in total. The van der Waals surface area contributed by atoms with E-state index in [1.54, 1.807) is 45.9 Å². The Morgan fingerprint density at radius 3 is 2.42 bits per heavy atom. The van der Waals surface area contributed by atoms with Crippen molar-refractivity contribution in [1.82, 2.24) is 10.2 Å². The molecule has 4 N–H and O–H groups in total. The summed E-state index contributed by atoms with van der Waals surface area (Å²) >= 11 is 6.25. The van der Waals surface area contributed by atoms with Crippen LogP contribution in [-0.2, 0) is 14.3 Å². The number of carbonyl (C=O) groups is 3. The Morgan fingerprint density at radius 2 is 1.86 bits per heavy atom. The van der Waals surface area contributed by atoms with Crippen LogP contribution >= 0.6 is 11.6 Å². The molecule has 0 aromatic heterocycles. The quantitative estimate of drug-likeness (QED) is 0.393. The van der Waals surface area contributed by atoms with Crippen LogP contribution in [0.25, 0.3) is 0 Å². The lowest BCUT2D eigenvalue weighted by atomic mass is 10.0. The number of aliphatic hydroxyl groups excluding tert-OH is 1. The number of hydrogen-bond acceptors (Lipinski definition) is 7. The lowest BCUT2D eigenvalue weighted by Gasteiger charge is -2.32. The number of alkyl carbamates (subject to hydrolysis) is 1. The topological polar surface area (TPSA) is 152 Å². The van der Waals surface area contributed by atoms with Gasteiger partial charge < -0.3 is 30.5 Å². The van der Waals surface area contributed by atoms with Crippen molar-refractivity contribution in [3.63, 3.8) is 0 Å². The second kappa shape index (κ2) is 12.2. The van der Waals surface area contributed by atoms with Crippen molar-refractivity contribution in [2.24, 2.45) is 0 Å². The van der Waals surface area contributed by atoms with E-state index in [4.69, 9.17) is 16.3 Å². The van der Waals surface area contributed by atoms with Crippen LogP contribution in [0.2, 0.25) is 5.02 Å². The van der Waals surface area contributed by atoms with E-state index in [-0.39, 0.29) is 16.3 Å². The van der Waals surface area contributed by atoms with Gasteiger partial charge in [-0.25, -0.2) is 4.79 Å². The third-order valence-corrected chi connectivity index (χ3v) is 5.23. The molecular weight excluding hydrogens is 488 g/mol. The second-order valence-corrected chi connectivity index (χ2v) is 9.33. The van der Waals surface area contributed by atoms with Gasteiger partial charge in [0, 0.05) is 0 Å². The first-order chi connectivity index (χ1) is 16.9. The Hall–Kier alpha value is -3.81. The molecule has 0 fully saturated rings. The Balaban J connectivity index is 2.49. The van der Waals surface area contributed by atoms with E-state index in [9.17, 15) is 29.9 Å². The fraction of sp³-hybridized carbons (Fsp3) is 0.360. The smallest absolute Gasteiger partial charge is 0.408 e. The molecule has 0 saturated carbocycles. The summed E-state index contributed by atoms with van der Waals surface area (Å²) in [5, 5.41) is 34.6. The van der Waals surface area contributed by atoms with Gasteiger partial charge in [-0.3, -0.25) is 9.59 Å². The Labute approximate surface area is 214 Å². The number of rotatable bonds is 8. The SMILES string of the molecule is Cc1cccc(Cl)c1NC(=O)C(c1cccc(O)c1)N(CC#N)C(=O)C(CO)NC(=O)OC(C)(C)C. The molecule has 192 valence electrons. The average molecular weight is 517 g/mol. The molecule has 2 rings (SSSR count). The zero-order valence-electron chi connectivity index (χ0n) is 20.4. The number of nitriles is 1. The molecule has 0 aliphatic heterocycles. The standard InChI is InChI=1S/C25H29ClN4O6/c1-15-7-5-10-18(26)20(15)29-22(33)21(16-8-6-9-17(32)13-16)30(12-11-27)23(34)19(14-31)28-24(35)36-25(2,3)4/h5-10,13,19,21,31-32H,12,14H2,1-4H3,(H,28,35)(H,29,33). The van der Waals surface area contributed by atoms with Crippen LogP contribution < -0.4 is 10.6 Å². The van der Waals surface area contributed by atoms with E-state index in [0.29, 0.717) is 11.3 Å². The van der Waals surface area contributed by atoms with Gasteiger partial charge in [0.05, 0.1) is 23.4 Å². The number of phenols is 1. The lowest BCUT2D eigenvalue weighted by molar-refractivity contribution is -0.140. The fourth-order valence-corrected chi connectivity index (χ4v) is 3.63. The predicted molar refractivity (Wildman–Crippen MR) is 133 cm³/mol. The summed E-state index contributed by atoms with van der Waals surface area (Å²) < 4.78 is 5.15. The number of carbonyl (C=O) groups excluding carboxylic acids is 3. The molecule has 0 heterocycles. The maximum atomic E-state index is 13.5. The molecule has 0 aliphatic rings. The average Bonchev–Trinajstić information content (AvgIpc) is 2.78. The maximum Gasteiger partial charge on any atom is 0.408 e. The minimum Gasteiger partial charge on any atom is -0.508 e. The number of phenolic OH excluding ortho intramolecular Hbond substituents is 1.